The van der Waals surface area contributed by atoms with E-state index in [4.69, 9.17) is 18.6 Å². The average molecular weight is 465 g/mol. The molecule has 2 aromatic carbocycles. The van der Waals surface area contributed by atoms with Gasteiger partial charge >= 0.3 is 35.6 Å². The second-order valence-electron chi connectivity index (χ2n) is 4.71. The Morgan fingerprint density at radius 2 is 1.52 bits per heavy atom. The number of phenols is 1. The molecule has 0 aliphatic rings. The minimum absolute atomic E-state index is 0.0584. The van der Waals surface area contributed by atoms with Crippen molar-refractivity contribution in [3.63, 3.8) is 0 Å². The maximum atomic E-state index is 13.5. The first-order valence-corrected chi connectivity index (χ1v) is 10.9. The van der Waals surface area contributed by atoms with Gasteiger partial charge in [-0.25, -0.2) is 26.9 Å². The number of aryl methyl sites for hydroxylation is 1. The number of hydrogen-bond acceptors (Lipinski definition) is 4. The zero-order valence-electron chi connectivity index (χ0n) is 13.0. The van der Waals surface area contributed by atoms with Gasteiger partial charge in [0, 0.05) is 23.9 Å². The molecule has 2 rings (SSSR count). The molecular formula is C14H7Cl2F5N2O3Ti. The first-order chi connectivity index (χ1) is 12.6. The van der Waals surface area contributed by atoms with Crippen LogP contribution in [0.4, 0.5) is 33.3 Å². The van der Waals surface area contributed by atoms with Crippen molar-refractivity contribution in [3.8, 4) is 5.75 Å². The van der Waals surface area contributed by atoms with E-state index in [0.717, 1.165) is 12.1 Å². The number of non-ortho nitro benzene ring substituents is 1. The van der Waals surface area contributed by atoms with Crippen LogP contribution in [0.1, 0.15) is 11.1 Å². The first-order valence-electron chi connectivity index (χ1n) is 6.56. The van der Waals surface area contributed by atoms with Crippen molar-refractivity contribution >= 4 is 36.2 Å². The third-order valence-electron chi connectivity index (χ3n) is 3.04. The molecule has 27 heavy (non-hydrogen) atoms. The molecule has 0 spiro atoms. The fourth-order valence-corrected chi connectivity index (χ4v) is 1.83. The summed E-state index contributed by atoms with van der Waals surface area (Å²) in [5.41, 5.74) is -2.20. The number of nitrogens with zero attached hydrogens (tertiary/aromatic N) is 2. The van der Waals surface area contributed by atoms with Gasteiger partial charge in [-0.05, 0) is 12.5 Å². The van der Waals surface area contributed by atoms with Crippen molar-refractivity contribution in [1.29, 1.82) is 0 Å². The molecule has 0 fully saturated rings. The predicted octanol–water partition coefficient (Wildman–Crippen LogP) is 5.43. The van der Waals surface area contributed by atoms with E-state index >= 15 is 0 Å². The normalized spacial score (nSPS) is 10.5. The van der Waals surface area contributed by atoms with Crippen LogP contribution < -0.4 is 0 Å². The van der Waals surface area contributed by atoms with E-state index in [-0.39, 0.29) is 11.1 Å². The van der Waals surface area contributed by atoms with Crippen molar-refractivity contribution in [2.45, 2.75) is 6.92 Å². The monoisotopic (exact) mass is 464 g/mol. The van der Waals surface area contributed by atoms with Gasteiger partial charge in [0.25, 0.3) is 5.69 Å². The van der Waals surface area contributed by atoms with E-state index in [1.165, 1.54) is 6.92 Å². The molecule has 0 aliphatic carbocycles. The molecule has 0 unspecified atom stereocenters. The van der Waals surface area contributed by atoms with Crippen molar-refractivity contribution in [2.24, 2.45) is 4.99 Å². The van der Waals surface area contributed by atoms with E-state index in [0.29, 0.717) is 6.21 Å². The Balaban J connectivity index is 0.00000114. The second kappa shape index (κ2) is 9.98. The summed E-state index contributed by atoms with van der Waals surface area (Å²) in [7, 11) is 9.78. The molecule has 144 valence electrons. The van der Waals surface area contributed by atoms with Gasteiger partial charge in [0.15, 0.2) is 23.3 Å². The number of aliphatic imine (C=N–C) groups is 1. The van der Waals surface area contributed by atoms with Crippen LogP contribution in [0.15, 0.2) is 17.1 Å². The molecule has 2 aromatic rings. The Kier molecular flexibility index (Phi) is 8.61. The molecule has 0 heterocycles. The van der Waals surface area contributed by atoms with Crippen LogP contribution in [0.2, 0.25) is 0 Å². The summed E-state index contributed by atoms with van der Waals surface area (Å²) in [6.07, 6.45) is 0.563. The van der Waals surface area contributed by atoms with Gasteiger partial charge in [-0.2, -0.15) is 0 Å². The molecule has 0 aliphatic heterocycles. The van der Waals surface area contributed by atoms with Crippen LogP contribution in [0.25, 0.3) is 0 Å². The van der Waals surface area contributed by atoms with Crippen molar-refractivity contribution in [2.75, 3.05) is 0 Å². The van der Waals surface area contributed by atoms with Gasteiger partial charge in [-0.3, -0.25) is 10.1 Å². The number of halogens is 7. The van der Waals surface area contributed by atoms with E-state index in [9.17, 15) is 37.2 Å². The summed E-state index contributed by atoms with van der Waals surface area (Å²) in [6, 6.07) is 1.86. The Labute approximate surface area is 165 Å². The van der Waals surface area contributed by atoms with Crippen molar-refractivity contribution in [1.82, 2.24) is 0 Å². The standard InChI is InChI=1S/C14H7F5N2O3.2ClH.Ti/c1-5-2-7(21(23)24)3-6(14(5)22)4-20-13-11(18)9(16)8(15)10(17)12(13)19;;;/h2-4,22H,1H3;2*1H;/q;;;+2/p-2. The van der Waals surface area contributed by atoms with E-state index in [2.05, 4.69) is 4.99 Å². The van der Waals surface area contributed by atoms with Gasteiger partial charge in [0.05, 0.1) is 4.92 Å². The number of benzene rings is 2. The molecule has 0 aromatic heterocycles. The summed E-state index contributed by atoms with van der Waals surface area (Å²) < 4.78 is 66.0. The van der Waals surface area contributed by atoms with Gasteiger partial charge in [0.2, 0.25) is 5.82 Å². The molecule has 0 saturated heterocycles. The van der Waals surface area contributed by atoms with Crippen molar-refractivity contribution in [3.05, 3.63) is 62.5 Å². The number of nitro benzene ring substituents is 1. The average Bonchev–Trinajstić information content (AvgIpc) is 2.62. The molecule has 0 radical (unpaired) electrons. The molecule has 0 atom stereocenters. The first kappa shape index (κ1) is 23.3. The number of rotatable bonds is 3. The topological polar surface area (TPSA) is 75.7 Å². The molecule has 13 heteroatoms. The summed E-state index contributed by atoms with van der Waals surface area (Å²) in [6.45, 7) is 1.32. The summed E-state index contributed by atoms with van der Waals surface area (Å²) in [4.78, 5) is 13.1. The fourth-order valence-electron chi connectivity index (χ4n) is 1.83. The third kappa shape index (κ3) is 5.38. The Bertz CT molecular complexity index is 886. The van der Waals surface area contributed by atoms with Crippen LogP contribution in [0, 0.1) is 46.1 Å². The Morgan fingerprint density at radius 1 is 1.07 bits per heavy atom. The SMILES string of the molecule is Cc1cc([N+](=O)[O-])cc(C=Nc2c(F)c(F)c(F)c(F)c2F)c1O.[Cl][Ti][Cl]. The van der Waals surface area contributed by atoms with E-state index in [1.807, 2.05) is 0 Å². The summed E-state index contributed by atoms with van der Waals surface area (Å²) in [5.74, 6) is -11.5. The van der Waals surface area contributed by atoms with Crippen LogP contribution in [0.3, 0.4) is 0 Å². The third-order valence-corrected chi connectivity index (χ3v) is 3.04. The van der Waals surface area contributed by atoms with Gasteiger partial charge < -0.3 is 5.11 Å². The molecule has 5 nitrogen and oxygen atoms in total. The molecular weight excluding hydrogens is 458 g/mol. The molecule has 0 amide bonds. The second-order valence-corrected chi connectivity index (χ2v) is 7.28. The van der Waals surface area contributed by atoms with E-state index in [1.54, 1.807) is 0 Å². The van der Waals surface area contributed by atoms with Crippen LogP contribution in [-0.2, 0) is 17.0 Å². The number of aromatic hydroxyl groups is 1. The number of nitro groups is 1. The van der Waals surface area contributed by atoms with Crippen molar-refractivity contribution < 1.29 is 49.0 Å². The van der Waals surface area contributed by atoms with Crippen LogP contribution >= 0.6 is 18.6 Å². The zero-order chi connectivity index (χ0) is 20.9. The summed E-state index contributed by atoms with van der Waals surface area (Å²) >= 11 is -0.556. The van der Waals surface area contributed by atoms with Gasteiger partial charge in [-0.15, -0.1) is 0 Å². The zero-order valence-corrected chi connectivity index (χ0v) is 16.1. The molecule has 0 saturated carbocycles. The fraction of sp³-hybridized carbons (Fsp3) is 0.0714. The molecule has 0 bridgehead atoms. The number of hydrogen-bond donors (Lipinski definition) is 1. The van der Waals surface area contributed by atoms with Crippen LogP contribution in [-0.4, -0.2) is 16.2 Å². The minimum atomic E-state index is -2.34. The van der Waals surface area contributed by atoms with Gasteiger partial charge in [0.1, 0.15) is 11.4 Å². The quantitative estimate of drug-likeness (QED) is 0.125. The number of phenolic OH excluding ortho intramolecular Hbond substituents is 1. The van der Waals surface area contributed by atoms with Crippen LogP contribution in [0.5, 0.6) is 5.75 Å². The van der Waals surface area contributed by atoms with E-state index < -0.39 is 68.2 Å². The maximum absolute atomic E-state index is 13.5. The van der Waals surface area contributed by atoms with Gasteiger partial charge in [-0.1, -0.05) is 0 Å². The Morgan fingerprint density at radius 3 is 1.96 bits per heavy atom. The Hall–Kier alpha value is -1.75. The predicted molar refractivity (Wildman–Crippen MR) is 84.7 cm³/mol. The molecule has 1 N–H and O–H groups in total. The summed E-state index contributed by atoms with van der Waals surface area (Å²) in [5, 5.41) is 20.5.